The third-order valence-corrected chi connectivity index (χ3v) is 3.69. The van der Waals surface area contributed by atoms with E-state index < -0.39 is 6.04 Å². The first-order chi connectivity index (χ1) is 9.66. The van der Waals surface area contributed by atoms with Crippen molar-refractivity contribution in [2.24, 2.45) is 0 Å². The molecule has 110 valence electrons. The number of rotatable bonds is 4. The molecule has 1 heterocycles. The number of amides is 2. The zero-order chi connectivity index (χ0) is 14.4. The van der Waals surface area contributed by atoms with Gasteiger partial charge in [-0.25, -0.2) is 0 Å². The molecule has 1 aliphatic carbocycles. The lowest BCUT2D eigenvalue weighted by molar-refractivity contribution is -0.123. The van der Waals surface area contributed by atoms with E-state index in [0.717, 1.165) is 25.7 Å². The Hall–Kier alpha value is -1.78. The summed E-state index contributed by atoms with van der Waals surface area (Å²) in [5.74, 6) is -0.269. The van der Waals surface area contributed by atoms with E-state index in [1.807, 2.05) is 0 Å². The average molecular weight is 278 g/mol. The van der Waals surface area contributed by atoms with Crippen molar-refractivity contribution in [1.29, 1.82) is 0 Å². The molecule has 0 saturated heterocycles. The maximum atomic E-state index is 12.1. The van der Waals surface area contributed by atoms with Gasteiger partial charge in [-0.1, -0.05) is 25.7 Å². The minimum Gasteiger partial charge on any atom is -0.459 e. The van der Waals surface area contributed by atoms with Crippen LogP contribution < -0.4 is 10.6 Å². The summed E-state index contributed by atoms with van der Waals surface area (Å²) in [5.41, 5.74) is 0. The van der Waals surface area contributed by atoms with Crippen molar-refractivity contribution in [1.82, 2.24) is 10.6 Å². The first kappa shape index (κ1) is 14.6. The highest BCUT2D eigenvalue weighted by Crippen LogP contribution is 2.17. The predicted octanol–water partition coefficient (Wildman–Crippen LogP) is 2.24. The van der Waals surface area contributed by atoms with Gasteiger partial charge in [-0.15, -0.1) is 0 Å². The third-order valence-electron chi connectivity index (χ3n) is 3.69. The molecule has 1 aromatic rings. The van der Waals surface area contributed by atoms with E-state index in [9.17, 15) is 9.59 Å². The fraction of sp³-hybridized carbons (Fsp3) is 0.600. The van der Waals surface area contributed by atoms with Gasteiger partial charge in [-0.2, -0.15) is 0 Å². The quantitative estimate of drug-likeness (QED) is 0.830. The van der Waals surface area contributed by atoms with Crippen LogP contribution in [-0.2, 0) is 4.79 Å². The van der Waals surface area contributed by atoms with Gasteiger partial charge in [0.25, 0.3) is 5.91 Å². The summed E-state index contributed by atoms with van der Waals surface area (Å²) < 4.78 is 5.00. The maximum absolute atomic E-state index is 12.1. The van der Waals surface area contributed by atoms with Gasteiger partial charge in [0.15, 0.2) is 5.76 Å². The van der Waals surface area contributed by atoms with Gasteiger partial charge in [0.05, 0.1) is 6.26 Å². The van der Waals surface area contributed by atoms with E-state index in [0.29, 0.717) is 0 Å². The zero-order valence-corrected chi connectivity index (χ0v) is 11.9. The van der Waals surface area contributed by atoms with Crippen LogP contribution in [0.1, 0.15) is 56.0 Å². The summed E-state index contributed by atoms with van der Waals surface area (Å²) in [5, 5.41) is 5.67. The van der Waals surface area contributed by atoms with Crippen molar-refractivity contribution in [3.05, 3.63) is 24.2 Å². The van der Waals surface area contributed by atoms with Crippen LogP contribution >= 0.6 is 0 Å². The van der Waals surface area contributed by atoms with Crippen molar-refractivity contribution in [3.8, 4) is 0 Å². The molecule has 0 aliphatic heterocycles. The Morgan fingerprint density at radius 1 is 1.25 bits per heavy atom. The molecule has 1 aliphatic rings. The van der Waals surface area contributed by atoms with Crippen LogP contribution in [0.3, 0.4) is 0 Å². The molecule has 1 atom stereocenters. The minimum atomic E-state index is -0.559. The molecule has 2 N–H and O–H groups in total. The molecular weight excluding hydrogens is 256 g/mol. The van der Waals surface area contributed by atoms with Gasteiger partial charge in [-0.3, -0.25) is 9.59 Å². The molecule has 0 aromatic carbocycles. The van der Waals surface area contributed by atoms with Crippen molar-refractivity contribution in [3.63, 3.8) is 0 Å². The summed E-state index contributed by atoms with van der Waals surface area (Å²) in [4.78, 5) is 23.9. The fourth-order valence-electron chi connectivity index (χ4n) is 2.49. The molecule has 1 fully saturated rings. The number of nitrogens with one attached hydrogen (secondary N) is 2. The van der Waals surface area contributed by atoms with Gasteiger partial charge >= 0.3 is 0 Å². The number of furan rings is 1. The molecule has 5 nitrogen and oxygen atoms in total. The Labute approximate surface area is 119 Å². The van der Waals surface area contributed by atoms with Gasteiger partial charge in [0.1, 0.15) is 6.04 Å². The third kappa shape index (κ3) is 4.11. The summed E-state index contributed by atoms with van der Waals surface area (Å²) in [6, 6.07) is 2.90. The van der Waals surface area contributed by atoms with Gasteiger partial charge < -0.3 is 15.1 Å². The van der Waals surface area contributed by atoms with Crippen LogP contribution in [0.25, 0.3) is 0 Å². The summed E-state index contributed by atoms with van der Waals surface area (Å²) in [6.45, 7) is 1.69. The Morgan fingerprint density at radius 3 is 2.55 bits per heavy atom. The Kier molecular flexibility index (Phi) is 5.21. The van der Waals surface area contributed by atoms with Gasteiger partial charge in [-0.05, 0) is 31.9 Å². The molecule has 0 bridgehead atoms. The second kappa shape index (κ2) is 7.12. The SMILES string of the molecule is C[C@@H](NC(=O)c1ccco1)C(=O)NC1CCCCCC1. The lowest BCUT2D eigenvalue weighted by Crippen LogP contribution is -2.47. The molecule has 2 rings (SSSR count). The Morgan fingerprint density at radius 2 is 1.95 bits per heavy atom. The normalized spacial score (nSPS) is 18.1. The predicted molar refractivity (Wildman–Crippen MR) is 75.3 cm³/mol. The summed E-state index contributed by atoms with van der Waals surface area (Å²) >= 11 is 0. The number of carbonyl (C=O) groups is 2. The first-order valence-corrected chi connectivity index (χ1v) is 7.31. The van der Waals surface area contributed by atoms with Gasteiger partial charge in [0.2, 0.25) is 5.91 Å². The van der Waals surface area contributed by atoms with Crippen molar-refractivity contribution in [2.45, 2.75) is 57.5 Å². The molecular formula is C15H22N2O3. The molecule has 1 aromatic heterocycles. The van der Waals surface area contributed by atoms with Crippen LogP contribution in [0, 0.1) is 0 Å². The summed E-state index contributed by atoms with van der Waals surface area (Å²) in [7, 11) is 0. The van der Waals surface area contributed by atoms with Gasteiger partial charge in [0, 0.05) is 6.04 Å². The molecule has 20 heavy (non-hydrogen) atoms. The lowest BCUT2D eigenvalue weighted by Gasteiger charge is -2.19. The smallest absolute Gasteiger partial charge is 0.287 e. The molecule has 2 amide bonds. The van der Waals surface area contributed by atoms with E-state index in [1.165, 1.54) is 19.1 Å². The highest BCUT2D eigenvalue weighted by Gasteiger charge is 2.21. The van der Waals surface area contributed by atoms with E-state index in [1.54, 1.807) is 19.1 Å². The van der Waals surface area contributed by atoms with Crippen LogP contribution in [-0.4, -0.2) is 23.9 Å². The molecule has 1 saturated carbocycles. The van der Waals surface area contributed by atoms with Crippen LogP contribution in [0.15, 0.2) is 22.8 Å². The number of hydrogen-bond acceptors (Lipinski definition) is 3. The largest absolute Gasteiger partial charge is 0.459 e. The Balaban J connectivity index is 1.80. The molecule has 0 unspecified atom stereocenters. The topological polar surface area (TPSA) is 71.3 Å². The molecule has 0 spiro atoms. The highest BCUT2D eigenvalue weighted by molar-refractivity contribution is 5.95. The van der Waals surface area contributed by atoms with Crippen molar-refractivity contribution < 1.29 is 14.0 Å². The van der Waals surface area contributed by atoms with E-state index in [4.69, 9.17) is 4.42 Å². The first-order valence-electron chi connectivity index (χ1n) is 7.31. The highest BCUT2D eigenvalue weighted by atomic mass is 16.3. The fourth-order valence-corrected chi connectivity index (χ4v) is 2.49. The Bertz CT molecular complexity index is 434. The van der Waals surface area contributed by atoms with Crippen LogP contribution in [0.5, 0.6) is 0 Å². The van der Waals surface area contributed by atoms with E-state index >= 15 is 0 Å². The van der Waals surface area contributed by atoms with Crippen molar-refractivity contribution >= 4 is 11.8 Å². The van der Waals surface area contributed by atoms with Crippen molar-refractivity contribution in [2.75, 3.05) is 0 Å². The second-order valence-corrected chi connectivity index (χ2v) is 5.37. The monoisotopic (exact) mass is 278 g/mol. The summed E-state index contributed by atoms with van der Waals surface area (Å²) in [6.07, 6.45) is 8.32. The lowest BCUT2D eigenvalue weighted by atomic mass is 10.1. The number of hydrogen-bond donors (Lipinski definition) is 2. The second-order valence-electron chi connectivity index (χ2n) is 5.37. The zero-order valence-electron chi connectivity index (χ0n) is 11.9. The van der Waals surface area contributed by atoms with E-state index in [-0.39, 0.29) is 23.6 Å². The molecule has 5 heteroatoms. The maximum Gasteiger partial charge on any atom is 0.287 e. The number of carbonyl (C=O) groups excluding carboxylic acids is 2. The minimum absolute atomic E-state index is 0.128. The standard InChI is InChI=1S/C15H22N2O3/c1-11(16-15(19)13-9-6-10-20-13)14(18)17-12-7-4-2-3-5-8-12/h6,9-12H,2-5,7-8H2,1H3,(H,16,19)(H,17,18)/t11-/m1/s1. The van der Waals surface area contributed by atoms with Crippen LogP contribution in [0.2, 0.25) is 0 Å². The average Bonchev–Trinajstić information content (AvgIpc) is 2.85. The van der Waals surface area contributed by atoms with E-state index in [2.05, 4.69) is 10.6 Å². The molecule has 0 radical (unpaired) electrons. The van der Waals surface area contributed by atoms with Crippen LogP contribution in [0.4, 0.5) is 0 Å².